The fraction of sp³-hybridized carbons (Fsp3) is 0.391. The summed E-state index contributed by atoms with van der Waals surface area (Å²) >= 11 is 0. The van der Waals surface area contributed by atoms with Crippen LogP contribution in [-0.4, -0.2) is 67.7 Å². The maximum Gasteiger partial charge on any atom is 0.321 e. The van der Waals surface area contributed by atoms with Gasteiger partial charge >= 0.3 is 6.03 Å². The number of carbonyl (C=O) groups is 2. The Balaban J connectivity index is 1.27. The van der Waals surface area contributed by atoms with Crippen molar-refractivity contribution in [2.24, 2.45) is 0 Å². The zero-order chi connectivity index (χ0) is 21.6. The molecule has 2 fully saturated rings. The van der Waals surface area contributed by atoms with Crippen LogP contribution in [0.4, 0.5) is 10.5 Å². The summed E-state index contributed by atoms with van der Waals surface area (Å²) in [5.74, 6) is 1.96. The van der Waals surface area contributed by atoms with Crippen LogP contribution >= 0.6 is 0 Å². The summed E-state index contributed by atoms with van der Waals surface area (Å²) in [6.45, 7) is 2.70. The third-order valence-corrected chi connectivity index (χ3v) is 5.49. The fourth-order valence-electron chi connectivity index (χ4n) is 3.74. The summed E-state index contributed by atoms with van der Waals surface area (Å²) in [4.78, 5) is 28.5. The number of nitrogens with zero attached hydrogens (tertiary/aromatic N) is 2. The van der Waals surface area contributed by atoms with E-state index in [1.54, 1.807) is 41.2 Å². The van der Waals surface area contributed by atoms with Crippen molar-refractivity contribution in [1.82, 2.24) is 9.80 Å². The zero-order valence-electron chi connectivity index (χ0n) is 17.6. The molecule has 164 valence electrons. The molecule has 4 rings (SSSR count). The number of hydrogen-bond acceptors (Lipinski definition) is 5. The third-order valence-electron chi connectivity index (χ3n) is 5.49. The Morgan fingerprint density at radius 3 is 2.29 bits per heavy atom. The predicted octanol–water partition coefficient (Wildman–Crippen LogP) is 3.34. The van der Waals surface area contributed by atoms with Gasteiger partial charge < -0.3 is 29.3 Å². The molecule has 0 saturated carbocycles. The Morgan fingerprint density at radius 1 is 0.968 bits per heavy atom. The van der Waals surface area contributed by atoms with E-state index in [1.165, 1.54) is 0 Å². The molecule has 8 heteroatoms. The molecule has 31 heavy (non-hydrogen) atoms. The molecule has 2 aromatic carbocycles. The molecule has 2 heterocycles. The molecule has 2 aliphatic heterocycles. The van der Waals surface area contributed by atoms with Gasteiger partial charge in [-0.15, -0.1) is 0 Å². The number of piperazine rings is 1. The molecule has 0 aliphatic carbocycles. The molecule has 1 atom stereocenters. The average molecular weight is 425 g/mol. The maximum atomic E-state index is 12.6. The highest BCUT2D eigenvalue weighted by atomic mass is 16.5. The molecule has 1 N–H and O–H groups in total. The van der Waals surface area contributed by atoms with Crippen molar-refractivity contribution < 1.29 is 23.8 Å². The summed E-state index contributed by atoms with van der Waals surface area (Å²) in [5, 5.41) is 2.90. The number of rotatable bonds is 5. The Morgan fingerprint density at radius 2 is 1.65 bits per heavy atom. The van der Waals surface area contributed by atoms with Crippen LogP contribution in [0.5, 0.6) is 17.2 Å². The van der Waals surface area contributed by atoms with Gasteiger partial charge in [0.1, 0.15) is 11.9 Å². The lowest BCUT2D eigenvalue weighted by Gasteiger charge is -2.35. The molecule has 0 spiro atoms. The number of benzene rings is 2. The van der Waals surface area contributed by atoms with Crippen LogP contribution in [0.15, 0.2) is 48.5 Å². The van der Waals surface area contributed by atoms with Crippen molar-refractivity contribution >= 4 is 17.6 Å². The molecule has 8 nitrogen and oxygen atoms in total. The minimum absolute atomic E-state index is 0.0446. The van der Waals surface area contributed by atoms with Gasteiger partial charge in [-0.2, -0.15) is 0 Å². The molecule has 0 bridgehead atoms. The van der Waals surface area contributed by atoms with Crippen molar-refractivity contribution in [3.63, 3.8) is 0 Å². The van der Waals surface area contributed by atoms with Gasteiger partial charge in [0.2, 0.25) is 0 Å². The van der Waals surface area contributed by atoms with Crippen LogP contribution in [0.25, 0.3) is 0 Å². The third kappa shape index (κ3) is 5.08. The smallest absolute Gasteiger partial charge is 0.321 e. The molecule has 0 radical (unpaired) electrons. The van der Waals surface area contributed by atoms with Crippen LogP contribution < -0.4 is 14.8 Å². The second-order valence-electron chi connectivity index (χ2n) is 7.52. The first-order valence-corrected chi connectivity index (χ1v) is 10.5. The summed E-state index contributed by atoms with van der Waals surface area (Å²) in [6, 6.07) is 14.4. The van der Waals surface area contributed by atoms with Crippen LogP contribution in [0.3, 0.4) is 0 Å². The standard InChI is InChI=1S/C23H27N3O5/c1-29-19-5-2-3-6-20(19)31-18-10-8-17(9-11-18)24-23(28)26-14-12-25(13-15-26)22(27)21-7-4-16-30-21/h2-3,5-6,8-11,21H,4,7,12-16H2,1H3,(H,24,28)/t21-/m1/s1. The molecule has 0 unspecified atom stereocenters. The minimum atomic E-state index is -0.308. The van der Waals surface area contributed by atoms with Gasteiger partial charge in [-0.25, -0.2) is 4.79 Å². The van der Waals surface area contributed by atoms with Crippen molar-refractivity contribution in [2.75, 3.05) is 45.2 Å². The van der Waals surface area contributed by atoms with Gasteiger partial charge in [-0.05, 0) is 49.2 Å². The second-order valence-corrected chi connectivity index (χ2v) is 7.52. The number of amides is 3. The maximum absolute atomic E-state index is 12.6. The van der Waals surface area contributed by atoms with Gasteiger partial charge in [0, 0.05) is 38.5 Å². The summed E-state index contributed by atoms with van der Waals surface area (Å²) in [5.41, 5.74) is 0.676. The number of methoxy groups -OCH3 is 1. The Bertz CT molecular complexity index is 904. The second kappa shape index (κ2) is 9.70. The Hall–Kier alpha value is -3.26. The lowest BCUT2D eigenvalue weighted by Crippen LogP contribution is -2.53. The van der Waals surface area contributed by atoms with E-state index >= 15 is 0 Å². The first-order valence-electron chi connectivity index (χ1n) is 10.5. The van der Waals surface area contributed by atoms with E-state index < -0.39 is 0 Å². The molecule has 2 aromatic rings. The molecule has 2 saturated heterocycles. The van der Waals surface area contributed by atoms with Gasteiger partial charge in [0.05, 0.1) is 7.11 Å². The van der Waals surface area contributed by atoms with Crippen molar-refractivity contribution in [3.05, 3.63) is 48.5 Å². The highest BCUT2D eigenvalue weighted by Crippen LogP contribution is 2.31. The molecule has 0 aromatic heterocycles. The van der Waals surface area contributed by atoms with Crippen LogP contribution in [0, 0.1) is 0 Å². The largest absolute Gasteiger partial charge is 0.493 e. The van der Waals surface area contributed by atoms with E-state index in [4.69, 9.17) is 14.2 Å². The average Bonchev–Trinajstić information content (AvgIpc) is 3.35. The molecule has 2 aliphatic rings. The molecule has 3 amide bonds. The normalized spacial score (nSPS) is 18.5. The van der Waals surface area contributed by atoms with Crippen LogP contribution in [0.2, 0.25) is 0 Å². The van der Waals surface area contributed by atoms with Gasteiger partial charge in [-0.1, -0.05) is 12.1 Å². The highest BCUT2D eigenvalue weighted by molar-refractivity contribution is 5.89. The highest BCUT2D eigenvalue weighted by Gasteiger charge is 2.31. The minimum Gasteiger partial charge on any atom is -0.493 e. The predicted molar refractivity (Wildman–Crippen MR) is 116 cm³/mol. The number of hydrogen-bond donors (Lipinski definition) is 1. The topological polar surface area (TPSA) is 80.3 Å². The van der Waals surface area contributed by atoms with Crippen molar-refractivity contribution in [2.45, 2.75) is 18.9 Å². The lowest BCUT2D eigenvalue weighted by atomic mass is 10.2. The Labute approximate surface area is 181 Å². The SMILES string of the molecule is COc1ccccc1Oc1ccc(NC(=O)N2CCN(C(=O)[C@H]3CCCO3)CC2)cc1. The van der Waals surface area contributed by atoms with Gasteiger partial charge in [0.15, 0.2) is 11.5 Å². The summed E-state index contributed by atoms with van der Waals surface area (Å²) < 4.78 is 16.6. The van der Waals surface area contributed by atoms with E-state index in [1.807, 2.05) is 24.3 Å². The first-order chi connectivity index (χ1) is 15.1. The van der Waals surface area contributed by atoms with Crippen molar-refractivity contribution in [3.8, 4) is 17.2 Å². The van der Waals surface area contributed by atoms with E-state index in [9.17, 15) is 9.59 Å². The number of nitrogens with one attached hydrogen (secondary N) is 1. The summed E-state index contributed by atoms with van der Waals surface area (Å²) in [7, 11) is 1.60. The quantitative estimate of drug-likeness (QED) is 0.795. The summed E-state index contributed by atoms with van der Waals surface area (Å²) in [6.07, 6.45) is 1.41. The molecular weight excluding hydrogens is 398 g/mol. The Kier molecular flexibility index (Phi) is 6.57. The van der Waals surface area contributed by atoms with E-state index in [2.05, 4.69) is 5.32 Å². The van der Waals surface area contributed by atoms with E-state index in [0.717, 1.165) is 12.8 Å². The lowest BCUT2D eigenvalue weighted by molar-refractivity contribution is -0.142. The fourth-order valence-corrected chi connectivity index (χ4v) is 3.74. The number of urea groups is 1. The monoisotopic (exact) mass is 425 g/mol. The van der Waals surface area contributed by atoms with Gasteiger partial charge in [-0.3, -0.25) is 4.79 Å². The first kappa shape index (κ1) is 21.0. The van der Waals surface area contributed by atoms with Gasteiger partial charge in [0.25, 0.3) is 5.91 Å². The van der Waals surface area contributed by atoms with E-state index in [0.29, 0.717) is 55.7 Å². The number of carbonyl (C=O) groups excluding carboxylic acids is 2. The van der Waals surface area contributed by atoms with Crippen molar-refractivity contribution in [1.29, 1.82) is 0 Å². The zero-order valence-corrected chi connectivity index (χ0v) is 17.6. The number of para-hydroxylation sites is 2. The molecular formula is C23H27N3O5. The van der Waals surface area contributed by atoms with Crippen LogP contribution in [-0.2, 0) is 9.53 Å². The van der Waals surface area contributed by atoms with Crippen LogP contribution in [0.1, 0.15) is 12.8 Å². The number of ether oxygens (including phenoxy) is 3. The number of anilines is 1. The van der Waals surface area contributed by atoms with E-state index in [-0.39, 0.29) is 18.0 Å².